The van der Waals surface area contributed by atoms with Gasteiger partial charge in [-0.15, -0.1) is 0 Å². The molecule has 0 radical (unpaired) electrons. The molecule has 0 saturated heterocycles. The Morgan fingerprint density at radius 3 is 2.94 bits per heavy atom. The van der Waals surface area contributed by atoms with Crippen molar-refractivity contribution in [1.29, 1.82) is 0 Å². The van der Waals surface area contributed by atoms with Crippen LogP contribution in [-0.2, 0) is 0 Å². The summed E-state index contributed by atoms with van der Waals surface area (Å²) in [5, 5.41) is 10.7. The van der Waals surface area contributed by atoms with Gasteiger partial charge in [0.25, 0.3) is 5.82 Å². The van der Waals surface area contributed by atoms with E-state index in [1.165, 1.54) is 0 Å². The number of nitrogens with zero attached hydrogens (tertiary/aromatic N) is 1. The molecule has 1 aromatic carbocycles. The summed E-state index contributed by atoms with van der Waals surface area (Å²) in [4.78, 5) is 10.2. The molecule has 0 aliphatic carbocycles. The zero-order valence-corrected chi connectivity index (χ0v) is 10.8. The van der Waals surface area contributed by atoms with Crippen molar-refractivity contribution in [3.8, 4) is 16.9 Å². The Labute approximate surface area is 111 Å². The Bertz CT molecular complexity index is 738. The normalized spacial score (nSPS) is 10.9. The zero-order valence-electron chi connectivity index (χ0n) is 9.24. The zero-order chi connectivity index (χ0) is 12.7. The number of aromatic nitrogens is 3. The van der Waals surface area contributed by atoms with Crippen molar-refractivity contribution in [3.63, 3.8) is 0 Å². The van der Waals surface area contributed by atoms with E-state index in [9.17, 15) is 5.11 Å². The highest BCUT2D eigenvalue weighted by Gasteiger charge is 2.17. The third-order valence-corrected chi connectivity index (χ3v) is 3.21. The second-order valence-electron chi connectivity index (χ2n) is 3.89. The highest BCUT2D eigenvalue weighted by molar-refractivity contribution is 9.10. The number of nitrogens with two attached hydrogens (primary N) is 1. The predicted octanol–water partition coefficient (Wildman–Crippen LogP) is 2.09. The summed E-state index contributed by atoms with van der Waals surface area (Å²) in [7, 11) is 0. The molecule has 0 amide bonds. The van der Waals surface area contributed by atoms with Crippen LogP contribution in [-0.4, -0.2) is 15.1 Å². The van der Waals surface area contributed by atoms with Crippen molar-refractivity contribution < 1.29 is 10.1 Å². The first-order valence-corrected chi connectivity index (χ1v) is 6.09. The van der Waals surface area contributed by atoms with Crippen LogP contribution >= 0.6 is 15.9 Å². The van der Waals surface area contributed by atoms with E-state index >= 15 is 0 Å². The molecule has 0 spiro atoms. The third-order valence-electron chi connectivity index (χ3n) is 2.80. The van der Waals surface area contributed by atoms with Gasteiger partial charge < -0.3 is 15.8 Å². The molecule has 6 heteroatoms. The second-order valence-corrected chi connectivity index (χ2v) is 4.64. The minimum atomic E-state index is 0.214. The van der Waals surface area contributed by atoms with E-state index in [0.29, 0.717) is 10.6 Å². The summed E-state index contributed by atoms with van der Waals surface area (Å²) in [5.41, 5.74) is 8.31. The molecule has 2 heterocycles. The Morgan fingerprint density at radius 2 is 2.17 bits per heavy atom. The van der Waals surface area contributed by atoms with E-state index in [-0.39, 0.29) is 5.75 Å². The van der Waals surface area contributed by atoms with Gasteiger partial charge >= 0.3 is 4.73 Å². The summed E-state index contributed by atoms with van der Waals surface area (Å²) >= 11 is 3.22. The minimum absolute atomic E-state index is 0.214. The van der Waals surface area contributed by atoms with Gasteiger partial charge in [-0.25, -0.2) is 4.98 Å². The van der Waals surface area contributed by atoms with Gasteiger partial charge in [0.1, 0.15) is 11.9 Å². The van der Waals surface area contributed by atoms with Crippen LogP contribution in [0.3, 0.4) is 0 Å². The molecule has 5 N–H and O–H groups in total. The first-order chi connectivity index (χ1) is 8.66. The summed E-state index contributed by atoms with van der Waals surface area (Å²) < 4.78 is 0.563. The molecular weight excluding hydrogens is 296 g/mol. The van der Waals surface area contributed by atoms with Gasteiger partial charge in [0.2, 0.25) is 0 Å². The van der Waals surface area contributed by atoms with Crippen molar-refractivity contribution in [2.45, 2.75) is 0 Å². The number of phenols is 1. The van der Waals surface area contributed by atoms with Crippen molar-refractivity contribution in [3.05, 3.63) is 35.3 Å². The number of fused-ring (bicyclic) bond motifs is 1. The number of benzene rings is 1. The molecule has 90 valence electrons. The number of halogens is 1. The number of phenolic OH excluding ortho intramolecular Hbond substituents is 1. The molecule has 5 nitrogen and oxygen atoms in total. The fourth-order valence-corrected chi connectivity index (χ4v) is 2.30. The number of hydrogen-bond donors (Lipinski definition) is 3. The Kier molecular flexibility index (Phi) is 2.45. The summed E-state index contributed by atoms with van der Waals surface area (Å²) in [6.45, 7) is 0. The van der Waals surface area contributed by atoms with Crippen LogP contribution in [0.1, 0.15) is 0 Å². The number of H-pyrrole nitrogens is 2. The first-order valence-electron chi connectivity index (χ1n) is 5.30. The Balaban J connectivity index is 2.32. The SMILES string of the molecule is Nc1nc(Br)[nH+]cc1-c1c[nH]c2cccc(O)c12. The third kappa shape index (κ3) is 1.62. The smallest absolute Gasteiger partial charge is 0.366 e. The largest absolute Gasteiger partial charge is 0.507 e. The lowest BCUT2D eigenvalue weighted by atomic mass is 10.1. The molecular formula is C12H10BrN4O+. The Morgan fingerprint density at radius 1 is 1.33 bits per heavy atom. The Hall–Kier alpha value is -2.08. The molecule has 3 aromatic rings. The maximum Gasteiger partial charge on any atom is 0.366 e. The number of rotatable bonds is 1. The molecule has 18 heavy (non-hydrogen) atoms. The molecule has 2 aromatic heterocycles. The summed E-state index contributed by atoms with van der Waals surface area (Å²) in [6, 6.07) is 5.32. The quantitative estimate of drug-likeness (QED) is 0.601. The second kappa shape index (κ2) is 3.99. The van der Waals surface area contributed by atoms with Gasteiger partial charge in [0, 0.05) is 22.7 Å². The summed E-state index contributed by atoms with van der Waals surface area (Å²) in [6.07, 6.45) is 3.56. The lowest BCUT2D eigenvalue weighted by Crippen LogP contribution is -2.09. The molecule has 0 fully saturated rings. The fraction of sp³-hybridized carbons (Fsp3) is 0. The van der Waals surface area contributed by atoms with Crippen molar-refractivity contribution in [2.75, 3.05) is 5.73 Å². The molecule has 0 unspecified atom stereocenters. The van der Waals surface area contributed by atoms with E-state index in [2.05, 4.69) is 30.9 Å². The highest BCUT2D eigenvalue weighted by Crippen LogP contribution is 2.35. The molecule has 0 atom stereocenters. The van der Waals surface area contributed by atoms with Gasteiger partial charge in [-0.2, -0.15) is 0 Å². The predicted molar refractivity (Wildman–Crippen MR) is 71.9 cm³/mol. The van der Waals surface area contributed by atoms with Crippen LogP contribution in [0.4, 0.5) is 5.82 Å². The van der Waals surface area contributed by atoms with E-state index in [1.807, 2.05) is 6.07 Å². The van der Waals surface area contributed by atoms with Crippen LogP contribution in [0, 0.1) is 0 Å². The van der Waals surface area contributed by atoms with E-state index in [1.54, 1.807) is 24.5 Å². The van der Waals surface area contributed by atoms with Gasteiger partial charge in [-0.05, 0) is 17.1 Å². The highest BCUT2D eigenvalue weighted by atomic mass is 79.9. The monoisotopic (exact) mass is 305 g/mol. The first kappa shape index (κ1) is 11.0. The van der Waals surface area contributed by atoms with Crippen LogP contribution in [0.5, 0.6) is 5.75 Å². The standard InChI is InChI=1S/C12H9BrN4O/c13-12-16-5-7(11(14)17-12)6-4-15-8-2-1-3-9(18)10(6)8/h1-5,15,18H,(H2,14,16,17)/p+1. The molecule has 0 saturated carbocycles. The lowest BCUT2D eigenvalue weighted by molar-refractivity contribution is -0.396. The number of aromatic hydroxyl groups is 1. The number of nitrogens with one attached hydrogen (secondary N) is 2. The van der Waals surface area contributed by atoms with E-state index < -0.39 is 0 Å². The maximum atomic E-state index is 9.95. The van der Waals surface area contributed by atoms with Crippen molar-refractivity contribution >= 4 is 32.7 Å². The fourth-order valence-electron chi connectivity index (χ4n) is 2.00. The number of aromatic amines is 2. The topological polar surface area (TPSA) is 89.1 Å². The van der Waals surface area contributed by atoms with Gasteiger partial charge in [-0.3, -0.25) is 0 Å². The molecule has 0 bridgehead atoms. The lowest BCUT2D eigenvalue weighted by Gasteiger charge is -2.00. The van der Waals surface area contributed by atoms with Crippen LogP contribution < -0.4 is 10.7 Å². The summed E-state index contributed by atoms with van der Waals surface area (Å²) in [5.74, 6) is 0.607. The molecule has 0 aliphatic heterocycles. The van der Waals surface area contributed by atoms with E-state index in [4.69, 9.17) is 5.73 Å². The molecule has 0 aliphatic rings. The number of hydrogen-bond acceptors (Lipinski definition) is 3. The van der Waals surface area contributed by atoms with E-state index in [0.717, 1.165) is 22.0 Å². The van der Waals surface area contributed by atoms with Crippen molar-refractivity contribution in [2.24, 2.45) is 0 Å². The minimum Gasteiger partial charge on any atom is -0.507 e. The van der Waals surface area contributed by atoms with Crippen LogP contribution in [0.15, 0.2) is 35.3 Å². The molecule has 3 rings (SSSR count). The van der Waals surface area contributed by atoms with Gasteiger partial charge in [0.05, 0.1) is 21.5 Å². The number of anilines is 1. The van der Waals surface area contributed by atoms with Crippen LogP contribution in [0.2, 0.25) is 0 Å². The van der Waals surface area contributed by atoms with Gasteiger partial charge in [-0.1, -0.05) is 6.07 Å². The number of nitrogen functional groups attached to an aromatic ring is 1. The van der Waals surface area contributed by atoms with Crippen LogP contribution in [0.25, 0.3) is 22.0 Å². The maximum absolute atomic E-state index is 9.95. The van der Waals surface area contributed by atoms with Crippen molar-refractivity contribution in [1.82, 2.24) is 9.97 Å². The van der Waals surface area contributed by atoms with Gasteiger partial charge in [0.15, 0.2) is 0 Å². The average molecular weight is 306 g/mol. The average Bonchev–Trinajstić information content (AvgIpc) is 2.74.